The van der Waals surface area contributed by atoms with Crippen LogP contribution in [0, 0.1) is 11.8 Å². The summed E-state index contributed by atoms with van der Waals surface area (Å²) >= 11 is 0. The van der Waals surface area contributed by atoms with Crippen LogP contribution in [-0.2, 0) is 13.0 Å². The summed E-state index contributed by atoms with van der Waals surface area (Å²) in [6, 6.07) is 4.63. The highest BCUT2D eigenvalue weighted by Crippen LogP contribution is 2.35. The van der Waals surface area contributed by atoms with E-state index < -0.39 is 0 Å². The lowest BCUT2D eigenvalue weighted by Crippen LogP contribution is -2.36. The molecule has 5 rings (SSSR count). The first-order valence-electron chi connectivity index (χ1n) is 12.5. The molecule has 3 heterocycles. The maximum atomic E-state index is 6.16. The maximum absolute atomic E-state index is 6.16. The molecule has 0 amide bonds. The summed E-state index contributed by atoms with van der Waals surface area (Å²) in [5.41, 5.74) is 3.11. The zero-order chi connectivity index (χ0) is 22.8. The van der Waals surface area contributed by atoms with Gasteiger partial charge >= 0.3 is 0 Å². The number of nitrogens with one attached hydrogen (secondary N) is 1. The molecule has 1 saturated heterocycles. The number of ether oxygens (including phenoxy) is 1. The van der Waals surface area contributed by atoms with Gasteiger partial charge in [-0.25, -0.2) is 4.98 Å². The van der Waals surface area contributed by atoms with Gasteiger partial charge in [0.05, 0.1) is 23.9 Å². The summed E-state index contributed by atoms with van der Waals surface area (Å²) in [5, 5.41) is 5.65. The first-order valence-corrected chi connectivity index (χ1v) is 12.5. The number of aromatic amines is 1. The first kappa shape index (κ1) is 30.7. The largest absolute Gasteiger partial charge is 0.493 e. The second-order valence-corrected chi connectivity index (χ2v) is 10.2. The van der Waals surface area contributed by atoms with Crippen LogP contribution in [-0.4, -0.2) is 58.7 Å². The van der Waals surface area contributed by atoms with Crippen LogP contribution in [0.5, 0.6) is 5.75 Å². The normalized spacial score (nSPS) is 17.3. The number of benzene rings is 1. The Kier molecular flexibility index (Phi) is 11.8. The van der Waals surface area contributed by atoms with E-state index in [4.69, 9.17) is 9.26 Å². The van der Waals surface area contributed by atoms with Gasteiger partial charge in [0.15, 0.2) is 5.58 Å². The number of likely N-dealkylation sites (tertiary alicyclic amines) is 1. The van der Waals surface area contributed by atoms with Crippen molar-refractivity contribution in [3.63, 3.8) is 0 Å². The Hall–Kier alpha value is -1.51. The van der Waals surface area contributed by atoms with Crippen molar-refractivity contribution in [2.75, 3.05) is 33.8 Å². The summed E-state index contributed by atoms with van der Waals surface area (Å²) < 4.78 is 12.1. The molecular weight excluding hydrogens is 521 g/mol. The molecule has 36 heavy (non-hydrogen) atoms. The summed E-state index contributed by atoms with van der Waals surface area (Å²) in [7, 11) is 4.17. The molecule has 202 valence electrons. The van der Waals surface area contributed by atoms with Gasteiger partial charge in [0.25, 0.3) is 0 Å². The molecule has 1 aliphatic carbocycles. The monoisotopic (exact) mass is 559 g/mol. The third-order valence-electron chi connectivity index (χ3n) is 7.32. The van der Waals surface area contributed by atoms with E-state index in [2.05, 4.69) is 58.1 Å². The van der Waals surface area contributed by atoms with Crippen molar-refractivity contribution in [2.24, 2.45) is 11.8 Å². The molecule has 2 aliphatic rings. The highest BCUT2D eigenvalue weighted by Gasteiger charge is 2.26. The van der Waals surface area contributed by atoms with E-state index in [-0.39, 0.29) is 37.2 Å². The van der Waals surface area contributed by atoms with Crippen LogP contribution in [0.15, 0.2) is 29.0 Å². The van der Waals surface area contributed by atoms with Crippen molar-refractivity contribution >= 4 is 48.2 Å². The average Bonchev–Trinajstić information content (AvgIpc) is 3.30. The molecule has 1 aliphatic heterocycles. The number of H-pyrrole nitrogens is 1. The maximum Gasteiger partial charge on any atom is 0.175 e. The van der Waals surface area contributed by atoms with Crippen LogP contribution in [0.4, 0.5) is 0 Å². The van der Waals surface area contributed by atoms with Crippen LogP contribution >= 0.6 is 37.2 Å². The fraction of sp³-hybridized carbons (Fsp3) is 0.615. The molecule has 0 radical (unpaired) electrons. The number of hydrogen-bond acceptors (Lipinski definition) is 6. The molecule has 7 nitrogen and oxygen atoms in total. The van der Waals surface area contributed by atoms with Crippen molar-refractivity contribution < 1.29 is 9.26 Å². The molecule has 10 heteroatoms. The lowest BCUT2D eigenvalue weighted by molar-refractivity contribution is 0.133. The number of imidazole rings is 1. The standard InChI is InChI=1S/C26H37N5O2.3ClH/c1-18(26-27-12-13-28-26)31-14-10-19(11-15-31)6-8-23-21-7-9-24(32-17-20-4-5-20)22(16-30(2)3)25(21)33-29-23;;;/h7,9,12-13,18-20H,4-6,8,10-11,14-17H2,1-3H3,(H,27,28);3*1H. The number of aromatic nitrogens is 3. The average molecular weight is 561 g/mol. The molecular formula is C26H40Cl3N5O2. The first-order chi connectivity index (χ1) is 16.1. The molecule has 1 N–H and O–H groups in total. The van der Waals surface area contributed by atoms with Crippen molar-refractivity contribution in [1.29, 1.82) is 0 Å². The fourth-order valence-corrected chi connectivity index (χ4v) is 5.01. The Labute approximate surface area is 232 Å². The molecule has 1 aromatic carbocycles. The Morgan fingerprint density at radius 2 is 1.86 bits per heavy atom. The van der Waals surface area contributed by atoms with Gasteiger partial charge in [-0.3, -0.25) is 4.90 Å². The molecule has 0 spiro atoms. The lowest BCUT2D eigenvalue weighted by atomic mass is 9.90. The van der Waals surface area contributed by atoms with Crippen LogP contribution in [0.3, 0.4) is 0 Å². The van der Waals surface area contributed by atoms with Gasteiger partial charge in [0.2, 0.25) is 0 Å². The van der Waals surface area contributed by atoms with E-state index in [1.54, 1.807) is 0 Å². The van der Waals surface area contributed by atoms with Gasteiger partial charge in [0.1, 0.15) is 11.6 Å². The number of hydrogen-bond donors (Lipinski definition) is 1. The number of fused-ring (bicyclic) bond motifs is 1. The van der Waals surface area contributed by atoms with E-state index in [1.807, 2.05) is 12.4 Å². The zero-order valence-corrected chi connectivity index (χ0v) is 23.9. The molecule has 2 aromatic heterocycles. The second kappa shape index (κ2) is 13.9. The van der Waals surface area contributed by atoms with Gasteiger partial charge in [-0.1, -0.05) is 5.16 Å². The molecule has 3 aromatic rings. The smallest absolute Gasteiger partial charge is 0.175 e. The summed E-state index contributed by atoms with van der Waals surface area (Å²) in [4.78, 5) is 12.4. The number of halogens is 3. The fourth-order valence-electron chi connectivity index (χ4n) is 5.01. The van der Waals surface area contributed by atoms with Gasteiger partial charge in [-0.05, 0) is 96.6 Å². The second-order valence-electron chi connectivity index (χ2n) is 10.2. The number of rotatable bonds is 10. The molecule has 1 atom stereocenters. The minimum Gasteiger partial charge on any atom is -0.493 e. The highest BCUT2D eigenvalue weighted by molar-refractivity contribution is 5.86. The van der Waals surface area contributed by atoms with Crippen molar-refractivity contribution in [1.82, 2.24) is 24.9 Å². The Morgan fingerprint density at radius 3 is 2.50 bits per heavy atom. The summed E-state index contributed by atoms with van der Waals surface area (Å²) in [6.45, 7) is 6.10. The van der Waals surface area contributed by atoms with Crippen LogP contribution in [0.2, 0.25) is 0 Å². The van der Waals surface area contributed by atoms with Gasteiger partial charge in [-0.15, -0.1) is 37.2 Å². The van der Waals surface area contributed by atoms with E-state index in [0.29, 0.717) is 6.04 Å². The lowest BCUT2D eigenvalue weighted by Gasteiger charge is -2.35. The number of nitrogens with zero attached hydrogens (tertiary/aromatic N) is 4. The predicted molar refractivity (Wildman–Crippen MR) is 151 cm³/mol. The van der Waals surface area contributed by atoms with E-state index in [9.17, 15) is 0 Å². The van der Waals surface area contributed by atoms with Crippen LogP contribution in [0.1, 0.15) is 62.2 Å². The number of aryl methyl sites for hydroxylation is 1. The minimum atomic E-state index is 0. The third kappa shape index (κ3) is 7.29. The summed E-state index contributed by atoms with van der Waals surface area (Å²) in [6.07, 6.45) is 10.9. The zero-order valence-electron chi connectivity index (χ0n) is 21.4. The van der Waals surface area contributed by atoms with E-state index in [1.165, 1.54) is 25.7 Å². The predicted octanol–water partition coefficient (Wildman–Crippen LogP) is 6.07. The Balaban J connectivity index is 0.00000152. The van der Waals surface area contributed by atoms with Crippen molar-refractivity contribution in [3.05, 3.63) is 41.6 Å². The summed E-state index contributed by atoms with van der Waals surface area (Å²) in [5.74, 6) is 3.48. The van der Waals surface area contributed by atoms with Crippen LogP contribution < -0.4 is 4.74 Å². The Bertz CT molecular complexity index is 1050. The van der Waals surface area contributed by atoms with Crippen molar-refractivity contribution in [3.8, 4) is 5.75 Å². The molecule has 0 bridgehead atoms. The SMILES string of the molecule is CC(c1ncc[nH]1)N1CCC(CCc2noc3c(CN(C)C)c(OCC4CC4)ccc23)CC1.Cl.Cl.Cl. The molecule has 2 fully saturated rings. The number of piperidine rings is 1. The highest BCUT2D eigenvalue weighted by atomic mass is 35.5. The van der Waals surface area contributed by atoms with Gasteiger partial charge in [-0.2, -0.15) is 0 Å². The molecule has 1 saturated carbocycles. The Morgan fingerprint density at radius 1 is 1.11 bits per heavy atom. The third-order valence-corrected chi connectivity index (χ3v) is 7.32. The topological polar surface area (TPSA) is 70.4 Å². The van der Waals surface area contributed by atoms with E-state index in [0.717, 1.165) is 84.7 Å². The van der Waals surface area contributed by atoms with Gasteiger partial charge in [0, 0.05) is 24.3 Å². The van der Waals surface area contributed by atoms with E-state index >= 15 is 0 Å². The van der Waals surface area contributed by atoms with Crippen molar-refractivity contribution in [2.45, 2.75) is 58.0 Å². The van der Waals surface area contributed by atoms with Gasteiger partial charge < -0.3 is 19.1 Å². The van der Waals surface area contributed by atoms with Crippen LogP contribution in [0.25, 0.3) is 11.0 Å². The quantitative estimate of drug-likeness (QED) is 0.324. The minimum absolute atomic E-state index is 0. The molecule has 1 unspecified atom stereocenters.